The molecule has 2 aliphatic rings. The normalized spacial score (nSPS) is 21.9. The molecule has 8 heteroatoms. The van der Waals surface area contributed by atoms with Crippen LogP contribution in [0.2, 0.25) is 10.0 Å². The first-order valence-electron chi connectivity index (χ1n) is 12.4. The van der Waals surface area contributed by atoms with Crippen molar-refractivity contribution in [2.75, 3.05) is 31.6 Å². The summed E-state index contributed by atoms with van der Waals surface area (Å²) < 4.78 is 0. The van der Waals surface area contributed by atoms with Crippen molar-refractivity contribution in [3.05, 3.63) is 57.8 Å². The van der Waals surface area contributed by atoms with Gasteiger partial charge in [0.15, 0.2) is 0 Å². The van der Waals surface area contributed by atoms with Gasteiger partial charge in [-0.15, -0.1) is 0 Å². The number of carbonyl (C=O) groups is 2. The van der Waals surface area contributed by atoms with Gasteiger partial charge in [-0.2, -0.15) is 0 Å². The molecule has 2 saturated heterocycles. The Kier molecular flexibility index (Phi) is 8.35. The molecule has 0 aliphatic carbocycles. The fourth-order valence-electron chi connectivity index (χ4n) is 5.46. The Morgan fingerprint density at radius 1 is 1.11 bits per heavy atom. The number of carbonyl (C=O) groups excluding carboxylic acids is 2. The van der Waals surface area contributed by atoms with E-state index in [0.29, 0.717) is 22.5 Å². The van der Waals surface area contributed by atoms with Crippen LogP contribution in [0, 0.1) is 6.92 Å². The van der Waals surface area contributed by atoms with Gasteiger partial charge in [0.25, 0.3) is 0 Å². The second kappa shape index (κ2) is 11.3. The lowest BCUT2D eigenvalue weighted by atomic mass is 9.81. The van der Waals surface area contributed by atoms with E-state index in [1.165, 1.54) is 0 Å². The Morgan fingerprint density at radius 3 is 2.49 bits per heavy atom. The molecular weight excluding hydrogens is 483 g/mol. The number of amides is 2. The summed E-state index contributed by atoms with van der Waals surface area (Å²) >= 11 is 12.6. The van der Waals surface area contributed by atoms with Crippen molar-refractivity contribution in [1.82, 2.24) is 14.8 Å². The van der Waals surface area contributed by atoms with E-state index in [1.54, 1.807) is 13.1 Å². The maximum atomic E-state index is 13.2. The molecule has 2 atom stereocenters. The van der Waals surface area contributed by atoms with E-state index in [9.17, 15) is 9.59 Å². The molecule has 1 aromatic carbocycles. The van der Waals surface area contributed by atoms with Gasteiger partial charge in [0.1, 0.15) is 0 Å². The Bertz CT molecular complexity index is 1050. The molecule has 0 spiro atoms. The second-order valence-corrected chi connectivity index (χ2v) is 10.6. The second-order valence-electron chi connectivity index (χ2n) is 9.80. The van der Waals surface area contributed by atoms with Gasteiger partial charge in [0.05, 0.1) is 21.9 Å². The molecule has 4 rings (SSSR count). The van der Waals surface area contributed by atoms with Gasteiger partial charge in [-0.25, -0.2) is 0 Å². The third-order valence-electron chi connectivity index (χ3n) is 7.62. The number of aryl methyl sites for hydroxylation is 1. The number of piperidine rings is 2. The van der Waals surface area contributed by atoms with E-state index in [1.807, 2.05) is 54.1 Å². The first kappa shape index (κ1) is 25.9. The number of benzene rings is 1. The molecule has 0 radical (unpaired) electrons. The van der Waals surface area contributed by atoms with E-state index in [2.05, 4.69) is 9.88 Å². The SMILES string of the molecule is CC(=O)N(C)C1CCN(CCC2[C@H](c3ccc(Cl)c(Cl)c3)CCC(=O)N2c2ccc(C)nc2)CC1. The average Bonchev–Trinajstić information content (AvgIpc) is 2.85. The molecule has 2 fully saturated rings. The zero-order valence-corrected chi connectivity index (χ0v) is 22.2. The zero-order valence-electron chi connectivity index (χ0n) is 20.7. The van der Waals surface area contributed by atoms with Crippen molar-refractivity contribution >= 4 is 40.7 Å². The topological polar surface area (TPSA) is 56.8 Å². The first-order valence-corrected chi connectivity index (χ1v) is 13.2. The summed E-state index contributed by atoms with van der Waals surface area (Å²) in [5.41, 5.74) is 2.88. The van der Waals surface area contributed by atoms with Crippen molar-refractivity contribution < 1.29 is 9.59 Å². The first-order chi connectivity index (χ1) is 16.7. The van der Waals surface area contributed by atoms with E-state index >= 15 is 0 Å². The van der Waals surface area contributed by atoms with Gasteiger partial charge in [-0.05, 0) is 62.4 Å². The number of halogens is 2. The predicted octanol–water partition coefficient (Wildman–Crippen LogP) is 5.31. The molecule has 2 amide bonds. The molecule has 188 valence electrons. The number of rotatable bonds is 6. The number of pyridine rings is 1. The molecule has 35 heavy (non-hydrogen) atoms. The number of hydrogen-bond acceptors (Lipinski definition) is 4. The quantitative estimate of drug-likeness (QED) is 0.521. The van der Waals surface area contributed by atoms with Crippen molar-refractivity contribution in [3.63, 3.8) is 0 Å². The highest BCUT2D eigenvalue weighted by molar-refractivity contribution is 6.42. The lowest BCUT2D eigenvalue weighted by molar-refractivity contribution is -0.130. The molecule has 2 aliphatic heterocycles. The Labute approximate surface area is 218 Å². The molecule has 1 unspecified atom stereocenters. The highest BCUT2D eigenvalue weighted by atomic mass is 35.5. The summed E-state index contributed by atoms with van der Waals surface area (Å²) in [6, 6.07) is 10.1. The maximum absolute atomic E-state index is 13.2. The van der Waals surface area contributed by atoms with Crippen molar-refractivity contribution in [1.29, 1.82) is 0 Å². The average molecular weight is 518 g/mol. The summed E-state index contributed by atoms with van der Waals surface area (Å²) in [7, 11) is 1.89. The number of nitrogens with zero attached hydrogens (tertiary/aromatic N) is 4. The van der Waals surface area contributed by atoms with E-state index < -0.39 is 0 Å². The molecule has 0 saturated carbocycles. The minimum Gasteiger partial charge on any atom is -0.343 e. The fraction of sp³-hybridized carbons (Fsp3) is 0.519. The van der Waals surface area contributed by atoms with Crippen LogP contribution in [0.15, 0.2) is 36.5 Å². The highest BCUT2D eigenvalue weighted by Gasteiger charge is 2.38. The highest BCUT2D eigenvalue weighted by Crippen LogP contribution is 2.39. The van der Waals surface area contributed by atoms with Gasteiger partial charge in [0.2, 0.25) is 11.8 Å². The maximum Gasteiger partial charge on any atom is 0.227 e. The zero-order chi connectivity index (χ0) is 25.1. The van der Waals surface area contributed by atoms with Gasteiger partial charge in [-0.1, -0.05) is 29.3 Å². The molecule has 6 nitrogen and oxygen atoms in total. The van der Waals surface area contributed by atoms with Crippen LogP contribution in [-0.4, -0.2) is 65.4 Å². The number of aromatic nitrogens is 1. The summed E-state index contributed by atoms with van der Waals surface area (Å²) in [6.07, 6.45) is 5.86. The van der Waals surface area contributed by atoms with Crippen LogP contribution in [0.4, 0.5) is 5.69 Å². The van der Waals surface area contributed by atoms with E-state index in [0.717, 1.165) is 62.3 Å². The minimum absolute atomic E-state index is 0.00406. The molecule has 3 heterocycles. The van der Waals surface area contributed by atoms with E-state index in [4.69, 9.17) is 23.2 Å². The Morgan fingerprint density at radius 2 is 1.86 bits per heavy atom. The van der Waals surface area contributed by atoms with Crippen LogP contribution in [0.5, 0.6) is 0 Å². The third kappa shape index (κ3) is 5.99. The summed E-state index contributed by atoms with van der Waals surface area (Å²) in [5.74, 6) is 0.417. The fourth-order valence-corrected chi connectivity index (χ4v) is 5.77. The molecule has 0 N–H and O–H groups in total. The lowest BCUT2D eigenvalue weighted by Crippen LogP contribution is -2.50. The lowest BCUT2D eigenvalue weighted by Gasteiger charge is -2.43. The standard InChI is InChI=1S/C27H34Cl2N4O2/c1-18-4-6-22(17-30-18)33-26(12-15-32-13-10-21(11-14-32)31(3)19(2)34)23(7-9-27(33)35)20-5-8-24(28)25(29)16-20/h4-6,8,16-17,21,23,26H,7,9-15H2,1-3H3/t23-,26?/m0/s1. The number of anilines is 1. The van der Waals surface area contributed by atoms with Gasteiger partial charge in [0, 0.05) is 63.7 Å². The van der Waals surface area contributed by atoms with Crippen LogP contribution in [0.25, 0.3) is 0 Å². The van der Waals surface area contributed by atoms with Gasteiger partial charge < -0.3 is 14.7 Å². The van der Waals surface area contributed by atoms with E-state index in [-0.39, 0.29) is 23.8 Å². The van der Waals surface area contributed by atoms with Crippen LogP contribution in [-0.2, 0) is 9.59 Å². The molecule has 2 aromatic rings. The summed E-state index contributed by atoms with van der Waals surface area (Å²) in [6.45, 7) is 6.37. The molecule has 1 aromatic heterocycles. The molecule has 0 bridgehead atoms. The van der Waals surface area contributed by atoms with Crippen molar-refractivity contribution in [2.45, 2.75) is 64.0 Å². The van der Waals surface area contributed by atoms with Crippen LogP contribution < -0.4 is 4.90 Å². The predicted molar refractivity (Wildman–Crippen MR) is 141 cm³/mol. The van der Waals surface area contributed by atoms with Crippen LogP contribution >= 0.6 is 23.2 Å². The monoisotopic (exact) mass is 516 g/mol. The molecular formula is C27H34Cl2N4O2. The summed E-state index contributed by atoms with van der Waals surface area (Å²) in [5, 5.41) is 1.08. The number of likely N-dealkylation sites (tertiary alicyclic amines) is 1. The van der Waals surface area contributed by atoms with Crippen LogP contribution in [0.1, 0.15) is 56.2 Å². The van der Waals surface area contributed by atoms with Crippen LogP contribution in [0.3, 0.4) is 0 Å². The summed E-state index contributed by atoms with van der Waals surface area (Å²) in [4.78, 5) is 35.7. The smallest absolute Gasteiger partial charge is 0.227 e. The van der Waals surface area contributed by atoms with Gasteiger partial charge >= 0.3 is 0 Å². The third-order valence-corrected chi connectivity index (χ3v) is 8.36. The van der Waals surface area contributed by atoms with Crippen molar-refractivity contribution in [2.24, 2.45) is 0 Å². The largest absolute Gasteiger partial charge is 0.343 e. The Hall–Kier alpha value is -2.15. The van der Waals surface area contributed by atoms with Crippen molar-refractivity contribution in [3.8, 4) is 0 Å². The Balaban J connectivity index is 1.55. The minimum atomic E-state index is -0.00406. The van der Waals surface area contributed by atoms with Gasteiger partial charge in [-0.3, -0.25) is 14.6 Å². The number of hydrogen-bond donors (Lipinski definition) is 0.